The summed E-state index contributed by atoms with van der Waals surface area (Å²) in [7, 11) is 0. The summed E-state index contributed by atoms with van der Waals surface area (Å²) in [6, 6.07) is 6.65. The number of Topliss-reactive ketones (excluding diaryl/α,β-unsaturated/α-hetero) is 1. The van der Waals surface area contributed by atoms with Crippen molar-refractivity contribution >= 4 is 29.3 Å². The number of hydrogen-bond acceptors (Lipinski definition) is 4. The Bertz CT molecular complexity index is 644. The van der Waals surface area contributed by atoms with Gasteiger partial charge in [-0.05, 0) is 49.9 Å². The number of carbonyl (C=O) groups excluding carboxylic acids is 3. The molecule has 0 unspecified atom stereocenters. The summed E-state index contributed by atoms with van der Waals surface area (Å²) in [6.45, 7) is 3.69. The van der Waals surface area contributed by atoms with Gasteiger partial charge in [-0.1, -0.05) is 31.4 Å². The van der Waals surface area contributed by atoms with Gasteiger partial charge in [0.2, 0.25) is 0 Å². The van der Waals surface area contributed by atoms with Crippen molar-refractivity contribution in [3.8, 4) is 0 Å². The molecule has 142 valence electrons. The maximum atomic E-state index is 12.2. The highest BCUT2D eigenvalue weighted by molar-refractivity contribution is 6.30. The minimum absolute atomic E-state index is 0.0362. The maximum absolute atomic E-state index is 12.2. The van der Waals surface area contributed by atoms with Gasteiger partial charge in [-0.2, -0.15) is 0 Å². The van der Waals surface area contributed by atoms with Crippen LogP contribution in [-0.4, -0.2) is 29.8 Å². The fraction of sp³-hybridized carbons (Fsp3) is 0.550. The molecule has 0 saturated heterocycles. The van der Waals surface area contributed by atoms with E-state index in [0.717, 1.165) is 19.3 Å². The van der Waals surface area contributed by atoms with Gasteiger partial charge in [0.15, 0.2) is 11.9 Å². The number of hydrogen-bond donors (Lipinski definition) is 1. The van der Waals surface area contributed by atoms with Gasteiger partial charge in [0.1, 0.15) is 0 Å². The largest absolute Gasteiger partial charge is 0.453 e. The van der Waals surface area contributed by atoms with Crippen LogP contribution >= 0.6 is 11.6 Å². The van der Waals surface area contributed by atoms with E-state index in [-0.39, 0.29) is 30.6 Å². The molecule has 1 amide bonds. The average molecular weight is 380 g/mol. The number of halogens is 1. The molecule has 1 saturated carbocycles. The van der Waals surface area contributed by atoms with Crippen LogP contribution in [0.2, 0.25) is 5.02 Å². The third kappa shape index (κ3) is 6.13. The molecular formula is C20H26ClNO4. The quantitative estimate of drug-likeness (QED) is 0.575. The zero-order valence-electron chi connectivity index (χ0n) is 15.3. The number of esters is 1. The summed E-state index contributed by atoms with van der Waals surface area (Å²) < 4.78 is 5.17. The van der Waals surface area contributed by atoms with E-state index in [4.69, 9.17) is 16.3 Å². The zero-order valence-corrected chi connectivity index (χ0v) is 16.1. The Labute approximate surface area is 159 Å². The number of amides is 1. The summed E-state index contributed by atoms with van der Waals surface area (Å²) >= 11 is 5.79. The van der Waals surface area contributed by atoms with Crippen LogP contribution < -0.4 is 5.32 Å². The molecule has 0 spiro atoms. The molecule has 0 heterocycles. The molecule has 1 aliphatic carbocycles. The predicted molar refractivity (Wildman–Crippen MR) is 100 cm³/mol. The van der Waals surface area contributed by atoms with Crippen molar-refractivity contribution in [3.05, 3.63) is 34.9 Å². The number of benzene rings is 1. The average Bonchev–Trinajstić information content (AvgIpc) is 2.62. The lowest BCUT2D eigenvalue weighted by Gasteiger charge is -2.30. The third-order valence-electron chi connectivity index (χ3n) is 4.84. The van der Waals surface area contributed by atoms with E-state index in [1.54, 1.807) is 31.2 Å². The van der Waals surface area contributed by atoms with Crippen LogP contribution in [0.1, 0.15) is 62.7 Å². The maximum Gasteiger partial charge on any atom is 0.307 e. The number of ketones is 1. The number of carbonyl (C=O) groups is 3. The first kappa shape index (κ1) is 20.4. The Kier molecular flexibility index (Phi) is 7.64. The van der Waals surface area contributed by atoms with Crippen molar-refractivity contribution in [2.75, 3.05) is 0 Å². The summed E-state index contributed by atoms with van der Waals surface area (Å²) in [6.07, 6.45) is 3.49. The number of ether oxygens (including phenoxy) is 1. The monoisotopic (exact) mass is 379 g/mol. The lowest BCUT2D eigenvalue weighted by Crippen LogP contribution is -2.46. The number of rotatable bonds is 7. The summed E-state index contributed by atoms with van der Waals surface area (Å²) in [5, 5.41) is 3.52. The van der Waals surface area contributed by atoms with E-state index in [1.165, 1.54) is 6.42 Å². The SMILES string of the molecule is C[C@@H](OC(=O)CCC(=O)c1ccc(Cl)cc1)C(=O)N[C@H]1CCCC[C@@H]1C. The Hall–Kier alpha value is -1.88. The molecular weight excluding hydrogens is 354 g/mol. The predicted octanol–water partition coefficient (Wildman–Crippen LogP) is 3.93. The first-order chi connectivity index (χ1) is 12.4. The van der Waals surface area contributed by atoms with Gasteiger partial charge in [-0.3, -0.25) is 14.4 Å². The van der Waals surface area contributed by atoms with Crippen molar-refractivity contribution in [2.24, 2.45) is 5.92 Å². The van der Waals surface area contributed by atoms with E-state index >= 15 is 0 Å². The Morgan fingerprint density at radius 1 is 1.15 bits per heavy atom. The molecule has 0 radical (unpaired) electrons. The van der Waals surface area contributed by atoms with Crippen molar-refractivity contribution in [1.82, 2.24) is 5.32 Å². The standard InChI is InChI=1S/C20H26ClNO4/c1-13-5-3-4-6-17(13)22-20(25)14(2)26-19(24)12-11-18(23)15-7-9-16(21)10-8-15/h7-10,13-14,17H,3-6,11-12H2,1-2H3,(H,22,25)/t13-,14+,17-/m0/s1. The smallest absolute Gasteiger partial charge is 0.307 e. The molecule has 0 bridgehead atoms. The van der Waals surface area contributed by atoms with Crippen molar-refractivity contribution in [1.29, 1.82) is 0 Å². The van der Waals surface area contributed by atoms with Gasteiger partial charge in [0, 0.05) is 23.0 Å². The lowest BCUT2D eigenvalue weighted by molar-refractivity contribution is -0.155. The second-order valence-electron chi connectivity index (χ2n) is 6.94. The van der Waals surface area contributed by atoms with E-state index in [0.29, 0.717) is 16.5 Å². The van der Waals surface area contributed by atoms with Crippen molar-refractivity contribution in [3.63, 3.8) is 0 Å². The second kappa shape index (κ2) is 9.72. The first-order valence-electron chi connectivity index (χ1n) is 9.15. The summed E-state index contributed by atoms with van der Waals surface area (Å²) in [4.78, 5) is 36.2. The van der Waals surface area contributed by atoms with Gasteiger partial charge in [-0.25, -0.2) is 0 Å². The molecule has 26 heavy (non-hydrogen) atoms. The van der Waals surface area contributed by atoms with Gasteiger partial charge < -0.3 is 10.1 Å². The van der Waals surface area contributed by atoms with E-state index < -0.39 is 12.1 Å². The normalized spacial score (nSPS) is 20.9. The van der Waals surface area contributed by atoms with Crippen LogP contribution in [0.5, 0.6) is 0 Å². The van der Waals surface area contributed by atoms with Crippen LogP contribution in [-0.2, 0) is 14.3 Å². The lowest BCUT2D eigenvalue weighted by atomic mass is 9.86. The van der Waals surface area contributed by atoms with Crippen LogP contribution in [0.25, 0.3) is 0 Å². The molecule has 0 aliphatic heterocycles. The zero-order chi connectivity index (χ0) is 19.1. The molecule has 3 atom stereocenters. The fourth-order valence-corrected chi connectivity index (χ4v) is 3.26. The second-order valence-corrected chi connectivity index (χ2v) is 7.38. The third-order valence-corrected chi connectivity index (χ3v) is 5.09. The van der Waals surface area contributed by atoms with Gasteiger partial charge in [0.25, 0.3) is 5.91 Å². The van der Waals surface area contributed by atoms with Gasteiger partial charge in [-0.15, -0.1) is 0 Å². The summed E-state index contributed by atoms with van der Waals surface area (Å²) in [5.74, 6) is -0.549. The number of nitrogens with one attached hydrogen (secondary N) is 1. The molecule has 1 N–H and O–H groups in total. The van der Waals surface area contributed by atoms with Gasteiger partial charge >= 0.3 is 5.97 Å². The highest BCUT2D eigenvalue weighted by Gasteiger charge is 2.26. The Balaban J connectivity index is 1.74. The van der Waals surface area contributed by atoms with Crippen LogP contribution in [0, 0.1) is 5.92 Å². The van der Waals surface area contributed by atoms with Crippen molar-refractivity contribution in [2.45, 2.75) is 64.5 Å². The van der Waals surface area contributed by atoms with Gasteiger partial charge in [0.05, 0.1) is 6.42 Å². The van der Waals surface area contributed by atoms with Crippen LogP contribution in [0.3, 0.4) is 0 Å². The van der Waals surface area contributed by atoms with E-state index in [1.807, 2.05) is 0 Å². The minimum atomic E-state index is -0.859. The van der Waals surface area contributed by atoms with E-state index in [2.05, 4.69) is 12.2 Å². The topological polar surface area (TPSA) is 72.5 Å². The molecule has 5 nitrogen and oxygen atoms in total. The molecule has 0 aromatic heterocycles. The molecule has 1 aliphatic rings. The molecule has 2 rings (SSSR count). The molecule has 1 aromatic carbocycles. The molecule has 1 aromatic rings. The highest BCUT2D eigenvalue weighted by atomic mass is 35.5. The summed E-state index contributed by atoms with van der Waals surface area (Å²) in [5.41, 5.74) is 0.499. The van der Waals surface area contributed by atoms with Crippen LogP contribution in [0.4, 0.5) is 0 Å². The Morgan fingerprint density at radius 3 is 2.46 bits per heavy atom. The van der Waals surface area contributed by atoms with Crippen LogP contribution in [0.15, 0.2) is 24.3 Å². The van der Waals surface area contributed by atoms with Crippen molar-refractivity contribution < 1.29 is 19.1 Å². The Morgan fingerprint density at radius 2 is 1.81 bits per heavy atom. The molecule has 6 heteroatoms. The fourth-order valence-electron chi connectivity index (χ4n) is 3.14. The highest BCUT2D eigenvalue weighted by Crippen LogP contribution is 2.23. The molecule has 1 fully saturated rings. The first-order valence-corrected chi connectivity index (χ1v) is 9.53. The van der Waals surface area contributed by atoms with E-state index in [9.17, 15) is 14.4 Å². The minimum Gasteiger partial charge on any atom is -0.453 e.